The first-order valence-corrected chi connectivity index (χ1v) is 5.56. The number of carbonyl (C=O) groups is 2. The average Bonchev–Trinajstić information content (AvgIpc) is 2.78. The van der Waals surface area contributed by atoms with Gasteiger partial charge in [0, 0.05) is 24.9 Å². The lowest BCUT2D eigenvalue weighted by Gasteiger charge is -2.14. The van der Waals surface area contributed by atoms with Crippen molar-refractivity contribution in [3.8, 4) is 0 Å². The number of para-hydroxylation sites is 1. The first-order valence-electron chi connectivity index (χ1n) is 5.56. The van der Waals surface area contributed by atoms with Crippen LogP contribution >= 0.6 is 0 Å². The van der Waals surface area contributed by atoms with Crippen LogP contribution in [-0.4, -0.2) is 25.4 Å². The fourth-order valence-corrected chi connectivity index (χ4v) is 1.93. The van der Waals surface area contributed by atoms with E-state index in [0.717, 1.165) is 18.7 Å². The Kier molecular flexibility index (Phi) is 3.55. The molecule has 4 heteroatoms. The van der Waals surface area contributed by atoms with Gasteiger partial charge in [-0.3, -0.25) is 9.59 Å². The standard InChI is InChI=1S/C13H14N2O2/c16-10-14-8-3-6-13(17)15-9-7-11-4-1-2-5-12(11)15/h1-6,10H,7-9H2,(H,14,16)/b6-3+. The van der Waals surface area contributed by atoms with E-state index in [1.165, 1.54) is 11.6 Å². The summed E-state index contributed by atoms with van der Waals surface area (Å²) in [6.45, 7) is 1.11. The summed E-state index contributed by atoms with van der Waals surface area (Å²) in [5.74, 6) is -0.0392. The number of anilines is 1. The van der Waals surface area contributed by atoms with Crippen LogP contribution in [0.15, 0.2) is 36.4 Å². The lowest BCUT2D eigenvalue weighted by Crippen LogP contribution is -2.27. The largest absolute Gasteiger partial charge is 0.355 e. The van der Waals surface area contributed by atoms with Crippen LogP contribution in [0.2, 0.25) is 0 Å². The molecule has 4 nitrogen and oxygen atoms in total. The highest BCUT2D eigenvalue weighted by Crippen LogP contribution is 2.27. The van der Waals surface area contributed by atoms with Crippen molar-refractivity contribution in [1.82, 2.24) is 5.32 Å². The van der Waals surface area contributed by atoms with Gasteiger partial charge in [-0.15, -0.1) is 0 Å². The third kappa shape index (κ3) is 2.53. The highest BCUT2D eigenvalue weighted by molar-refractivity contribution is 6.02. The second-order valence-corrected chi connectivity index (χ2v) is 3.80. The zero-order valence-corrected chi connectivity index (χ0v) is 9.43. The van der Waals surface area contributed by atoms with E-state index in [1.54, 1.807) is 11.0 Å². The summed E-state index contributed by atoms with van der Waals surface area (Å²) >= 11 is 0. The molecule has 0 atom stereocenters. The lowest BCUT2D eigenvalue weighted by molar-refractivity contribution is -0.114. The predicted octanol–water partition coefficient (Wildman–Crippen LogP) is 0.878. The third-order valence-corrected chi connectivity index (χ3v) is 2.73. The smallest absolute Gasteiger partial charge is 0.250 e. The van der Waals surface area contributed by atoms with Gasteiger partial charge in [0.1, 0.15) is 0 Å². The minimum atomic E-state index is -0.0392. The second kappa shape index (κ2) is 5.30. The molecule has 0 unspecified atom stereocenters. The molecule has 0 aromatic heterocycles. The summed E-state index contributed by atoms with van der Waals surface area (Å²) in [5.41, 5.74) is 2.20. The monoisotopic (exact) mass is 230 g/mol. The number of rotatable bonds is 4. The van der Waals surface area contributed by atoms with Gasteiger partial charge in [0.25, 0.3) is 5.91 Å². The van der Waals surface area contributed by atoms with Gasteiger partial charge in [0.15, 0.2) is 0 Å². The summed E-state index contributed by atoms with van der Waals surface area (Å²) in [6, 6.07) is 7.91. The van der Waals surface area contributed by atoms with Gasteiger partial charge in [0.05, 0.1) is 0 Å². The molecule has 0 bridgehead atoms. The van der Waals surface area contributed by atoms with Crippen LogP contribution < -0.4 is 10.2 Å². The van der Waals surface area contributed by atoms with Crippen LogP contribution in [0.5, 0.6) is 0 Å². The summed E-state index contributed by atoms with van der Waals surface area (Å²) < 4.78 is 0. The molecule has 1 aromatic rings. The van der Waals surface area contributed by atoms with Crippen molar-refractivity contribution in [2.45, 2.75) is 6.42 Å². The van der Waals surface area contributed by atoms with Crippen molar-refractivity contribution in [2.75, 3.05) is 18.0 Å². The number of amides is 2. The van der Waals surface area contributed by atoms with Gasteiger partial charge in [-0.1, -0.05) is 24.3 Å². The summed E-state index contributed by atoms with van der Waals surface area (Å²) in [4.78, 5) is 23.7. The molecule has 1 N–H and O–H groups in total. The van der Waals surface area contributed by atoms with E-state index < -0.39 is 0 Å². The van der Waals surface area contributed by atoms with Gasteiger partial charge in [-0.25, -0.2) is 0 Å². The Morgan fingerprint density at radius 3 is 3.06 bits per heavy atom. The van der Waals surface area contributed by atoms with Crippen molar-refractivity contribution in [2.24, 2.45) is 0 Å². The van der Waals surface area contributed by atoms with Crippen LogP contribution in [0.1, 0.15) is 5.56 Å². The Bertz CT molecular complexity index is 454. The second-order valence-electron chi connectivity index (χ2n) is 3.80. The Hall–Kier alpha value is -2.10. The number of benzene rings is 1. The van der Waals surface area contributed by atoms with E-state index in [0.29, 0.717) is 13.0 Å². The van der Waals surface area contributed by atoms with E-state index in [4.69, 9.17) is 0 Å². The van der Waals surface area contributed by atoms with E-state index in [9.17, 15) is 9.59 Å². The van der Waals surface area contributed by atoms with Gasteiger partial charge in [-0.2, -0.15) is 0 Å². The van der Waals surface area contributed by atoms with E-state index in [1.807, 2.05) is 24.3 Å². The maximum absolute atomic E-state index is 11.9. The molecular formula is C13H14N2O2. The van der Waals surface area contributed by atoms with Gasteiger partial charge >= 0.3 is 0 Å². The van der Waals surface area contributed by atoms with Crippen LogP contribution in [-0.2, 0) is 16.0 Å². The lowest BCUT2D eigenvalue weighted by atomic mass is 10.2. The number of fused-ring (bicyclic) bond motifs is 1. The molecule has 17 heavy (non-hydrogen) atoms. The molecule has 0 aliphatic carbocycles. The Balaban J connectivity index is 2.02. The van der Waals surface area contributed by atoms with E-state index >= 15 is 0 Å². The van der Waals surface area contributed by atoms with E-state index in [-0.39, 0.29) is 5.91 Å². The molecule has 0 radical (unpaired) electrons. The van der Waals surface area contributed by atoms with E-state index in [2.05, 4.69) is 5.32 Å². The van der Waals surface area contributed by atoms with Crippen LogP contribution in [0.4, 0.5) is 5.69 Å². The summed E-state index contributed by atoms with van der Waals surface area (Å²) in [5, 5.41) is 2.48. The number of hydrogen-bond donors (Lipinski definition) is 1. The molecule has 1 aromatic carbocycles. The van der Waals surface area contributed by atoms with Crippen molar-refractivity contribution in [3.63, 3.8) is 0 Å². The Morgan fingerprint density at radius 2 is 2.24 bits per heavy atom. The Labute approximate surface area is 99.9 Å². The molecular weight excluding hydrogens is 216 g/mol. The molecule has 1 heterocycles. The molecule has 88 valence electrons. The molecule has 0 saturated heterocycles. The van der Waals surface area contributed by atoms with Gasteiger partial charge in [0.2, 0.25) is 6.41 Å². The average molecular weight is 230 g/mol. The SMILES string of the molecule is O=CNC/C=C/C(=O)N1CCc2ccccc21. The van der Waals surface area contributed by atoms with Crippen molar-refractivity contribution < 1.29 is 9.59 Å². The molecule has 1 aliphatic rings. The van der Waals surface area contributed by atoms with Gasteiger partial charge < -0.3 is 10.2 Å². The Morgan fingerprint density at radius 1 is 1.41 bits per heavy atom. The summed E-state index contributed by atoms with van der Waals surface area (Å²) in [6.07, 6.45) is 4.67. The molecule has 2 rings (SSSR count). The van der Waals surface area contributed by atoms with Crippen LogP contribution in [0.3, 0.4) is 0 Å². The van der Waals surface area contributed by atoms with Crippen LogP contribution in [0, 0.1) is 0 Å². The molecule has 2 amide bonds. The summed E-state index contributed by atoms with van der Waals surface area (Å²) in [7, 11) is 0. The fourth-order valence-electron chi connectivity index (χ4n) is 1.93. The number of hydrogen-bond acceptors (Lipinski definition) is 2. The van der Waals surface area contributed by atoms with Crippen molar-refractivity contribution in [3.05, 3.63) is 42.0 Å². The number of carbonyl (C=O) groups excluding carboxylic acids is 2. The van der Waals surface area contributed by atoms with Crippen LogP contribution in [0.25, 0.3) is 0 Å². The third-order valence-electron chi connectivity index (χ3n) is 2.73. The van der Waals surface area contributed by atoms with Crippen molar-refractivity contribution >= 4 is 18.0 Å². The normalized spacial score (nSPS) is 13.8. The van der Waals surface area contributed by atoms with Gasteiger partial charge in [-0.05, 0) is 18.1 Å². The zero-order chi connectivity index (χ0) is 12.1. The molecule has 0 saturated carbocycles. The molecule has 0 spiro atoms. The maximum atomic E-state index is 11.9. The first kappa shape index (κ1) is 11.4. The first-order chi connectivity index (χ1) is 8.33. The number of nitrogens with zero attached hydrogens (tertiary/aromatic N) is 1. The predicted molar refractivity (Wildman–Crippen MR) is 65.7 cm³/mol. The topological polar surface area (TPSA) is 49.4 Å². The molecule has 1 aliphatic heterocycles. The van der Waals surface area contributed by atoms with Crippen molar-refractivity contribution in [1.29, 1.82) is 0 Å². The minimum absolute atomic E-state index is 0.0392. The highest BCUT2D eigenvalue weighted by Gasteiger charge is 2.21. The quantitative estimate of drug-likeness (QED) is 0.474. The number of nitrogens with one attached hydrogen (secondary N) is 1. The fraction of sp³-hybridized carbons (Fsp3) is 0.231. The highest BCUT2D eigenvalue weighted by atomic mass is 16.2. The molecule has 0 fully saturated rings. The zero-order valence-electron chi connectivity index (χ0n) is 9.43. The maximum Gasteiger partial charge on any atom is 0.250 e. The minimum Gasteiger partial charge on any atom is -0.355 e.